The van der Waals surface area contributed by atoms with Crippen LogP contribution in [0.25, 0.3) is 11.4 Å². The van der Waals surface area contributed by atoms with Crippen LogP contribution in [0, 0.1) is 0 Å². The third-order valence-electron chi connectivity index (χ3n) is 4.51. The Hall–Kier alpha value is -3.95. The number of amides is 3. The van der Waals surface area contributed by atoms with Crippen LogP contribution in [-0.4, -0.2) is 38.6 Å². The molecule has 10 heteroatoms. The maximum absolute atomic E-state index is 12.8. The van der Waals surface area contributed by atoms with Gasteiger partial charge in [0.1, 0.15) is 5.82 Å². The minimum absolute atomic E-state index is 0.282. The topological polar surface area (TPSA) is 138 Å². The molecule has 4 N–H and O–H groups in total. The van der Waals surface area contributed by atoms with Crippen molar-refractivity contribution in [3.05, 3.63) is 65.8 Å². The Bertz CT molecular complexity index is 1040. The molecule has 0 aromatic carbocycles. The third-order valence-corrected chi connectivity index (χ3v) is 4.51. The molecule has 4 heterocycles. The van der Waals surface area contributed by atoms with Crippen molar-refractivity contribution in [3.63, 3.8) is 0 Å². The number of nitrogens with one attached hydrogen (secondary N) is 4. The zero-order valence-electron chi connectivity index (χ0n) is 15.6. The number of hydrogen-bond acceptors (Lipinski definition) is 6. The van der Waals surface area contributed by atoms with Gasteiger partial charge in [0.2, 0.25) is 0 Å². The van der Waals surface area contributed by atoms with Crippen LogP contribution in [0.4, 0.5) is 4.79 Å². The third kappa shape index (κ3) is 4.00. The quantitative estimate of drug-likeness (QED) is 0.500. The highest BCUT2D eigenvalue weighted by Crippen LogP contribution is 2.26. The predicted molar refractivity (Wildman–Crippen MR) is 102 cm³/mol. The van der Waals surface area contributed by atoms with Crippen molar-refractivity contribution in [2.45, 2.75) is 19.4 Å². The molecule has 0 fully saturated rings. The molecule has 4 rings (SSSR count). The number of H-pyrrole nitrogens is 1. The highest BCUT2D eigenvalue weighted by atomic mass is 16.3. The second-order valence-corrected chi connectivity index (χ2v) is 6.47. The molecule has 1 aliphatic rings. The fourth-order valence-electron chi connectivity index (χ4n) is 3.11. The number of pyridine rings is 1. The molecule has 0 bridgehead atoms. The van der Waals surface area contributed by atoms with E-state index in [0.717, 1.165) is 5.56 Å². The van der Waals surface area contributed by atoms with Gasteiger partial charge in [0, 0.05) is 42.2 Å². The van der Waals surface area contributed by atoms with Crippen molar-refractivity contribution in [1.82, 2.24) is 36.1 Å². The normalized spacial score (nSPS) is 16.3. The van der Waals surface area contributed by atoms with Crippen molar-refractivity contribution >= 4 is 11.9 Å². The summed E-state index contributed by atoms with van der Waals surface area (Å²) in [6.45, 7) is 2.05. The lowest BCUT2D eigenvalue weighted by Gasteiger charge is -2.27. The average molecular weight is 393 g/mol. The summed E-state index contributed by atoms with van der Waals surface area (Å²) in [5.41, 5.74) is 2.49. The van der Waals surface area contributed by atoms with E-state index in [1.165, 1.54) is 12.5 Å². The van der Waals surface area contributed by atoms with Crippen molar-refractivity contribution in [3.8, 4) is 11.4 Å². The second kappa shape index (κ2) is 7.97. The summed E-state index contributed by atoms with van der Waals surface area (Å²) in [4.78, 5) is 33.0. The van der Waals surface area contributed by atoms with Crippen molar-refractivity contribution in [1.29, 1.82) is 0 Å². The molecule has 0 saturated carbocycles. The first kappa shape index (κ1) is 18.4. The number of rotatable bonds is 6. The minimum Gasteiger partial charge on any atom is -0.472 e. The van der Waals surface area contributed by atoms with Gasteiger partial charge >= 0.3 is 6.03 Å². The lowest BCUT2D eigenvalue weighted by Crippen LogP contribution is -2.47. The average Bonchev–Trinajstić information content (AvgIpc) is 3.40. The van der Waals surface area contributed by atoms with Gasteiger partial charge in [-0.05, 0) is 25.1 Å². The molecule has 0 aliphatic carbocycles. The SMILES string of the molecule is CC1=C(C(=O)NCCc2nc(-c3ccncc3)n[nH]2)[C@@H](c2ccoc2)NC(=O)N1. The van der Waals surface area contributed by atoms with E-state index in [9.17, 15) is 9.59 Å². The molecule has 1 aliphatic heterocycles. The Balaban J connectivity index is 1.41. The minimum atomic E-state index is -0.578. The molecular formula is C19H19N7O3. The summed E-state index contributed by atoms with van der Waals surface area (Å²) in [5, 5.41) is 15.3. The van der Waals surface area contributed by atoms with E-state index in [0.29, 0.717) is 41.4 Å². The van der Waals surface area contributed by atoms with Crippen LogP contribution in [0.1, 0.15) is 24.4 Å². The van der Waals surface area contributed by atoms with E-state index in [1.807, 2.05) is 12.1 Å². The zero-order valence-corrected chi connectivity index (χ0v) is 15.6. The molecular weight excluding hydrogens is 374 g/mol. The van der Waals surface area contributed by atoms with Crippen LogP contribution < -0.4 is 16.0 Å². The van der Waals surface area contributed by atoms with Gasteiger partial charge in [-0.25, -0.2) is 9.78 Å². The van der Waals surface area contributed by atoms with E-state index in [-0.39, 0.29) is 11.9 Å². The smallest absolute Gasteiger partial charge is 0.319 e. The lowest BCUT2D eigenvalue weighted by atomic mass is 9.97. The van der Waals surface area contributed by atoms with E-state index >= 15 is 0 Å². The number of aromatic nitrogens is 4. The van der Waals surface area contributed by atoms with Crippen LogP contribution in [0.5, 0.6) is 0 Å². The number of hydrogen-bond donors (Lipinski definition) is 4. The summed E-state index contributed by atoms with van der Waals surface area (Å²) >= 11 is 0. The largest absolute Gasteiger partial charge is 0.472 e. The van der Waals surface area contributed by atoms with Gasteiger partial charge in [-0.3, -0.25) is 14.9 Å². The standard InChI is InChI=1S/C19H19N7O3/c1-11-15(16(24-19(28)22-11)13-5-9-29-10-13)18(27)21-8-4-14-23-17(26-25-14)12-2-6-20-7-3-12/h2-3,5-7,9-10,16H,4,8H2,1H3,(H,21,27)(H2,22,24,28)(H,23,25,26)/t16-/m1/s1. The van der Waals surface area contributed by atoms with Gasteiger partial charge in [0.05, 0.1) is 24.1 Å². The zero-order chi connectivity index (χ0) is 20.2. The van der Waals surface area contributed by atoms with Crippen LogP contribution in [0.15, 0.2) is 58.8 Å². The maximum Gasteiger partial charge on any atom is 0.319 e. The first-order valence-electron chi connectivity index (χ1n) is 9.02. The first-order chi connectivity index (χ1) is 14.1. The number of urea groups is 1. The molecule has 0 saturated heterocycles. The molecule has 148 valence electrons. The summed E-state index contributed by atoms with van der Waals surface area (Å²) < 4.78 is 5.09. The molecule has 10 nitrogen and oxygen atoms in total. The van der Waals surface area contributed by atoms with Gasteiger partial charge in [0.15, 0.2) is 5.82 Å². The summed E-state index contributed by atoms with van der Waals surface area (Å²) in [7, 11) is 0. The van der Waals surface area contributed by atoms with Crippen LogP contribution in [0.2, 0.25) is 0 Å². The molecule has 3 aromatic heterocycles. The Morgan fingerprint density at radius 3 is 2.86 bits per heavy atom. The number of allylic oxidation sites excluding steroid dienone is 1. The van der Waals surface area contributed by atoms with E-state index in [1.54, 1.807) is 25.4 Å². The van der Waals surface area contributed by atoms with Crippen molar-refractivity contribution in [2.24, 2.45) is 0 Å². The number of carbonyl (C=O) groups is 2. The van der Waals surface area contributed by atoms with Gasteiger partial charge in [-0.15, -0.1) is 0 Å². The van der Waals surface area contributed by atoms with Crippen LogP contribution in [-0.2, 0) is 11.2 Å². The molecule has 3 aromatic rings. The van der Waals surface area contributed by atoms with Gasteiger partial charge in [0.25, 0.3) is 5.91 Å². The maximum atomic E-state index is 12.8. The Kier molecular flexibility index (Phi) is 5.06. The number of nitrogens with zero attached hydrogens (tertiary/aromatic N) is 3. The second-order valence-electron chi connectivity index (χ2n) is 6.47. The molecule has 1 atom stereocenters. The number of carbonyl (C=O) groups excluding carboxylic acids is 2. The summed E-state index contributed by atoms with van der Waals surface area (Å²) in [6, 6.07) is 4.42. The predicted octanol–water partition coefficient (Wildman–Crippen LogP) is 1.45. The highest BCUT2D eigenvalue weighted by molar-refractivity contribution is 5.98. The molecule has 29 heavy (non-hydrogen) atoms. The number of furan rings is 1. The summed E-state index contributed by atoms with van der Waals surface area (Å²) in [6.07, 6.45) is 6.83. The lowest BCUT2D eigenvalue weighted by molar-refractivity contribution is -0.117. The first-order valence-corrected chi connectivity index (χ1v) is 9.02. The fourth-order valence-corrected chi connectivity index (χ4v) is 3.11. The van der Waals surface area contributed by atoms with E-state index in [2.05, 4.69) is 36.1 Å². The van der Waals surface area contributed by atoms with E-state index < -0.39 is 6.04 Å². The molecule has 3 amide bonds. The Labute approximate surface area is 165 Å². The fraction of sp³-hybridized carbons (Fsp3) is 0.211. The molecule has 0 radical (unpaired) electrons. The summed E-state index contributed by atoms with van der Waals surface area (Å²) in [5.74, 6) is 0.950. The van der Waals surface area contributed by atoms with Gasteiger partial charge < -0.3 is 20.4 Å². The Morgan fingerprint density at radius 2 is 2.10 bits per heavy atom. The number of aromatic amines is 1. The molecule has 0 unspecified atom stereocenters. The van der Waals surface area contributed by atoms with Crippen molar-refractivity contribution < 1.29 is 14.0 Å². The van der Waals surface area contributed by atoms with E-state index in [4.69, 9.17) is 4.42 Å². The Morgan fingerprint density at radius 1 is 1.28 bits per heavy atom. The van der Waals surface area contributed by atoms with Crippen LogP contribution >= 0.6 is 0 Å². The monoisotopic (exact) mass is 393 g/mol. The van der Waals surface area contributed by atoms with Gasteiger partial charge in [-0.2, -0.15) is 5.10 Å². The highest BCUT2D eigenvalue weighted by Gasteiger charge is 2.31. The van der Waals surface area contributed by atoms with Crippen LogP contribution in [0.3, 0.4) is 0 Å². The van der Waals surface area contributed by atoms with Crippen molar-refractivity contribution in [2.75, 3.05) is 6.54 Å². The van der Waals surface area contributed by atoms with Gasteiger partial charge in [-0.1, -0.05) is 0 Å². The molecule has 0 spiro atoms.